The number of nitrogens with zero attached hydrogens (tertiary/aromatic N) is 2. The van der Waals surface area contributed by atoms with Gasteiger partial charge in [-0.25, -0.2) is 0 Å². The van der Waals surface area contributed by atoms with Crippen LogP contribution >= 0.6 is 11.3 Å². The van der Waals surface area contributed by atoms with Crippen molar-refractivity contribution in [3.05, 3.63) is 28.8 Å². The van der Waals surface area contributed by atoms with E-state index in [2.05, 4.69) is 10.2 Å². The highest BCUT2D eigenvalue weighted by atomic mass is 32.1. The number of methoxy groups -OCH3 is 1. The lowest BCUT2D eigenvalue weighted by Crippen LogP contribution is -1.90. The molecule has 0 amide bonds. The lowest BCUT2D eigenvalue weighted by atomic mass is 10.2. The van der Waals surface area contributed by atoms with Gasteiger partial charge in [-0.2, -0.15) is 0 Å². The maximum atomic E-state index is 8.88. The van der Waals surface area contributed by atoms with E-state index in [0.717, 1.165) is 5.56 Å². The second kappa shape index (κ2) is 5.11. The number of hydrogen-bond donors (Lipinski definition) is 1. The molecule has 0 atom stereocenters. The normalized spacial score (nSPS) is 10.3. The average molecular weight is 252 g/mol. The number of hydrogen-bond acceptors (Lipinski definition) is 6. The molecule has 0 bridgehead atoms. The molecule has 0 saturated carbocycles. The number of rotatable bonds is 4. The van der Waals surface area contributed by atoms with Gasteiger partial charge in [0, 0.05) is 0 Å². The summed E-state index contributed by atoms with van der Waals surface area (Å²) in [6.45, 7) is 1.84. The van der Waals surface area contributed by atoms with Crippen LogP contribution in [0.5, 0.6) is 16.7 Å². The fraction of sp³-hybridized carbons (Fsp3) is 0.273. The zero-order valence-electron chi connectivity index (χ0n) is 9.51. The minimum atomic E-state index is -0.133. The van der Waals surface area contributed by atoms with Crippen molar-refractivity contribution in [2.75, 3.05) is 7.11 Å². The molecular weight excluding hydrogens is 240 g/mol. The Morgan fingerprint density at radius 2 is 2.12 bits per heavy atom. The van der Waals surface area contributed by atoms with Gasteiger partial charge >= 0.3 is 0 Å². The van der Waals surface area contributed by atoms with Crippen LogP contribution in [0.1, 0.15) is 10.6 Å². The molecule has 1 N–H and O–H groups in total. The fourth-order valence-corrected chi connectivity index (χ4v) is 1.86. The molecule has 2 rings (SSSR count). The van der Waals surface area contributed by atoms with Gasteiger partial charge in [-0.1, -0.05) is 22.5 Å². The predicted molar refractivity (Wildman–Crippen MR) is 63.6 cm³/mol. The van der Waals surface area contributed by atoms with Crippen molar-refractivity contribution < 1.29 is 14.6 Å². The summed E-state index contributed by atoms with van der Waals surface area (Å²) in [5, 5.41) is 17.4. The first-order valence-corrected chi connectivity index (χ1v) is 5.80. The summed E-state index contributed by atoms with van der Waals surface area (Å²) in [6, 6.07) is 5.61. The van der Waals surface area contributed by atoms with Gasteiger partial charge in [-0.05, 0) is 24.6 Å². The van der Waals surface area contributed by atoms with Crippen molar-refractivity contribution in [2.24, 2.45) is 0 Å². The molecule has 0 aliphatic heterocycles. The Hall–Kier alpha value is -1.66. The molecule has 0 aliphatic rings. The molecule has 90 valence electrons. The van der Waals surface area contributed by atoms with Crippen molar-refractivity contribution in [1.29, 1.82) is 0 Å². The number of aliphatic hydroxyl groups excluding tert-OH is 1. The molecule has 0 aliphatic carbocycles. The number of aryl methyl sites for hydroxylation is 1. The highest BCUT2D eigenvalue weighted by molar-refractivity contribution is 7.13. The highest BCUT2D eigenvalue weighted by Gasteiger charge is 2.09. The Labute approximate surface area is 103 Å². The first-order valence-electron chi connectivity index (χ1n) is 4.98. The molecule has 0 unspecified atom stereocenters. The van der Waals surface area contributed by atoms with Crippen molar-refractivity contribution in [3.8, 4) is 16.7 Å². The second-order valence-corrected chi connectivity index (χ2v) is 4.40. The second-order valence-electron chi connectivity index (χ2n) is 3.38. The zero-order chi connectivity index (χ0) is 12.3. The maximum Gasteiger partial charge on any atom is 0.299 e. The fourth-order valence-electron chi connectivity index (χ4n) is 1.30. The Kier molecular flexibility index (Phi) is 3.55. The smallest absolute Gasteiger partial charge is 0.299 e. The zero-order valence-corrected chi connectivity index (χ0v) is 10.3. The Balaban J connectivity index is 2.23. The van der Waals surface area contributed by atoms with E-state index in [0.29, 0.717) is 21.7 Å². The summed E-state index contributed by atoms with van der Waals surface area (Å²) in [7, 11) is 1.58. The lowest BCUT2D eigenvalue weighted by Gasteiger charge is -2.08. The Morgan fingerprint density at radius 1 is 1.29 bits per heavy atom. The van der Waals surface area contributed by atoms with Gasteiger partial charge in [0.2, 0.25) is 0 Å². The molecule has 5 nitrogen and oxygen atoms in total. The average Bonchev–Trinajstić information content (AvgIpc) is 2.79. The molecule has 17 heavy (non-hydrogen) atoms. The van der Waals surface area contributed by atoms with Crippen LogP contribution in [0.4, 0.5) is 0 Å². The molecule has 0 fully saturated rings. The summed E-state index contributed by atoms with van der Waals surface area (Å²) in [5.41, 5.74) is 1.09. The van der Waals surface area contributed by atoms with Crippen molar-refractivity contribution in [1.82, 2.24) is 10.2 Å². The van der Waals surface area contributed by atoms with Gasteiger partial charge in [-0.3, -0.25) is 0 Å². The van der Waals surface area contributed by atoms with Crippen LogP contribution < -0.4 is 9.47 Å². The van der Waals surface area contributed by atoms with E-state index in [1.165, 1.54) is 11.3 Å². The number of benzene rings is 1. The number of aliphatic hydroxyl groups is 1. The summed E-state index contributed by atoms with van der Waals surface area (Å²) < 4.78 is 10.8. The van der Waals surface area contributed by atoms with Gasteiger partial charge in [0.25, 0.3) is 5.19 Å². The molecule has 0 spiro atoms. The molecular formula is C11H12N2O3S. The number of aromatic nitrogens is 2. The Morgan fingerprint density at radius 3 is 2.76 bits per heavy atom. The first-order chi connectivity index (χ1) is 8.22. The molecule has 0 saturated heterocycles. The van der Waals surface area contributed by atoms with E-state index in [9.17, 15) is 0 Å². The largest absolute Gasteiger partial charge is 0.493 e. The van der Waals surface area contributed by atoms with Gasteiger partial charge in [0.15, 0.2) is 11.5 Å². The standard InChI is InChI=1S/C11H12N2O3S/c1-7-3-4-8(9(5-7)15-2)16-11-13-12-10(6-14)17-11/h3-5,14H,6H2,1-2H3. The lowest BCUT2D eigenvalue weighted by molar-refractivity contribution is 0.280. The Bertz CT molecular complexity index is 513. The van der Waals surface area contributed by atoms with Crippen LogP contribution in [0.15, 0.2) is 18.2 Å². The van der Waals surface area contributed by atoms with E-state index in [-0.39, 0.29) is 6.61 Å². The van der Waals surface area contributed by atoms with E-state index in [1.807, 2.05) is 25.1 Å². The molecule has 1 heterocycles. The molecule has 1 aromatic carbocycles. The van der Waals surface area contributed by atoms with Gasteiger partial charge in [0.1, 0.15) is 5.01 Å². The van der Waals surface area contributed by atoms with E-state index < -0.39 is 0 Å². The van der Waals surface area contributed by atoms with Crippen LogP contribution in [-0.2, 0) is 6.61 Å². The quantitative estimate of drug-likeness (QED) is 0.903. The maximum absolute atomic E-state index is 8.88. The van der Waals surface area contributed by atoms with Gasteiger partial charge in [-0.15, -0.1) is 5.10 Å². The molecule has 2 aromatic rings. The van der Waals surface area contributed by atoms with Crippen molar-refractivity contribution in [3.63, 3.8) is 0 Å². The van der Waals surface area contributed by atoms with Crippen LogP contribution in [0.2, 0.25) is 0 Å². The molecule has 1 aromatic heterocycles. The van der Waals surface area contributed by atoms with Crippen LogP contribution in [-0.4, -0.2) is 22.4 Å². The SMILES string of the molecule is COc1cc(C)ccc1Oc1nnc(CO)s1. The topological polar surface area (TPSA) is 64.5 Å². The molecule has 0 radical (unpaired) electrons. The third kappa shape index (κ3) is 2.72. The summed E-state index contributed by atoms with van der Waals surface area (Å²) >= 11 is 1.20. The van der Waals surface area contributed by atoms with Crippen LogP contribution in [0.3, 0.4) is 0 Å². The predicted octanol–water partition coefficient (Wildman–Crippen LogP) is 2.14. The van der Waals surface area contributed by atoms with E-state index >= 15 is 0 Å². The molecule has 6 heteroatoms. The minimum Gasteiger partial charge on any atom is -0.493 e. The van der Waals surface area contributed by atoms with Gasteiger partial charge in [0.05, 0.1) is 13.7 Å². The van der Waals surface area contributed by atoms with E-state index in [1.54, 1.807) is 7.11 Å². The van der Waals surface area contributed by atoms with Crippen LogP contribution in [0, 0.1) is 6.92 Å². The first kappa shape index (κ1) is 11.8. The number of ether oxygens (including phenoxy) is 2. The van der Waals surface area contributed by atoms with Crippen LogP contribution in [0.25, 0.3) is 0 Å². The van der Waals surface area contributed by atoms with E-state index in [4.69, 9.17) is 14.6 Å². The monoisotopic (exact) mass is 252 g/mol. The van der Waals surface area contributed by atoms with Gasteiger partial charge < -0.3 is 14.6 Å². The third-order valence-corrected chi connectivity index (χ3v) is 2.89. The van der Waals surface area contributed by atoms with Crippen molar-refractivity contribution in [2.45, 2.75) is 13.5 Å². The summed E-state index contributed by atoms with van der Waals surface area (Å²) in [4.78, 5) is 0. The van der Waals surface area contributed by atoms with Crippen molar-refractivity contribution >= 4 is 11.3 Å². The summed E-state index contributed by atoms with van der Waals surface area (Å²) in [6.07, 6.45) is 0. The summed E-state index contributed by atoms with van der Waals surface area (Å²) in [5.74, 6) is 1.23. The third-order valence-electron chi connectivity index (χ3n) is 2.10. The minimum absolute atomic E-state index is 0.133. The highest BCUT2D eigenvalue weighted by Crippen LogP contribution is 2.33.